The summed E-state index contributed by atoms with van der Waals surface area (Å²) in [6.07, 6.45) is 18.6. The molecule has 5 nitrogen and oxygen atoms in total. The molecule has 6 heteroatoms. The standard InChI is InChI=1S/C37H59N4OS/c1-5-7-9-11-13-15-19-31(20-16-14-12-10-8-6-2)35(42)23-26-41(4)27-24-40(25-28-41)36-32-29-30(3)43-37(32)39-34-22-18-17-21-33(34)38-36/h17-18,21-22,29,31,39H,5-16,19-20,23-28H2,1-4H3/q+1. The van der Waals surface area contributed by atoms with Crippen LogP contribution >= 0.6 is 11.3 Å². The molecule has 4 rings (SSSR count). The number of carbonyl (C=O) groups is 1. The first-order valence-electron chi connectivity index (χ1n) is 17.6. The molecule has 0 saturated carbocycles. The van der Waals surface area contributed by atoms with Gasteiger partial charge < -0.3 is 14.7 Å². The first-order chi connectivity index (χ1) is 20.9. The Bertz CT molecular complexity index is 1150. The predicted octanol–water partition coefficient (Wildman–Crippen LogP) is 10.0. The topological polar surface area (TPSA) is 44.7 Å². The summed E-state index contributed by atoms with van der Waals surface area (Å²) in [5.41, 5.74) is 3.30. The molecule has 0 unspecified atom stereocenters. The van der Waals surface area contributed by atoms with Crippen molar-refractivity contribution in [1.29, 1.82) is 0 Å². The number of anilines is 2. The van der Waals surface area contributed by atoms with Crippen molar-refractivity contribution < 1.29 is 9.28 Å². The van der Waals surface area contributed by atoms with Crippen LogP contribution in [0.2, 0.25) is 0 Å². The average Bonchev–Trinajstić information content (AvgIpc) is 3.30. The fraction of sp³-hybridized carbons (Fsp3) is 0.676. The number of piperazine rings is 1. The largest absolute Gasteiger partial charge is 0.345 e. The Hall–Kier alpha value is -2.18. The second-order valence-electron chi connectivity index (χ2n) is 13.5. The number of benzene rings is 1. The molecular weight excluding hydrogens is 549 g/mol. The Balaban J connectivity index is 1.31. The van der Waals surface area contributed by atoms with Gasteiger partial charge in [0.25, 0.3) is 0 Å². The zero-order valence-electron chi connectivity index (χ0n) is 27.8. The quantitative estimate of drug-likeness (QED) is 0.135. The Morgan fingerprint density at radius 3 is 2.19 bits per heavy atom. The zero-order valence-corrected chi connectivity index (χ0v) is 28.6. The molecule has 0 spiro atoms. The number of quaternary nitrogens is 1. The minimum Gasteiger partial charge on any atom is -0.345 e. The lowest BCUT2D eigenvalue weighted by Crippen LogP contribution is -2.59. The predicted molar refractivity (Wildman–Crippen MR) is 186 cm³/mol. The second-order valence-corrected chi connectivity index (χ2v) is 14.7. The Kier molecular flexibility index (Phi) is 13.6. The first-order valence-corrected chi connectivity index (χ1v) is 18.4. The number of fused-ring (bicyclic) bond motifs is 2. The number of ketones is 1. The van der Waals surface area contributed by atoms with Crippen LogP contribution in [0.3, 0.4) is 0 Å². The van der Waals surface area contributed by atoms with Crippen LogP contribution in [0.1, 0.15) is 121 Å². The summed E-state index contributed by atoms with van der Waals surface area (Å²) in [7, 11) is 2.37. The highest BCUT2D eigenvalue weighted by Crippen LogP contribution is 2.39. The molecule has 1 N–H and O–H groups in total. The van der Waals surface area contributed by atoms with Crippen molar-refractivity contribution in [3.8, 4) is 0 Å². The van der Waals surface area contributed by atoms with Crippen molar-refractivity contribution in [2.45, 2.75) is 117 Å². The molecule has 2 aromatic rings. The number of aryl methyl sites for hydroxylation is 1. The smallest absolute Gasteiger partial charge is 0.141 e. The summed E-state index contributed by atoms with van der Waals surface area (Å²) >= 11 is 1.81. The molecule has 43 heavy (non-hydrogen) atoms. The molecule has 2 aliphatic heterocycles. The highest BCUT2D eigenvalue weighted by atomic mass is 32.1. The van der Waals surface area contributed by atoms with Gasteiger partial charge in [0.2, 0.25) is 0 Å². The van der Waals surface area contributed by atoms with Crippen molar-refractivity contribution in [2.75, 3.05) is 45.1 Å². The number of amidine groups is 1. The number of rotatable bonds is 18. The summed E-state index contributed by atoms with van der Waals surface area (Å²) < 4.78 is 0.987. The fourth-order valence-electron chi connectivity index (χ4n) is 6.76. The lowest BCUT2D eigenvalue weighted by Gasteiger charge is -2.43. The molecule has 1 aromatic heterocycles. The number of hydrogen-bond donors (Lipinski definition) is 1. The third-order valence-electron chi connectivity index (χ3n) is 9.76. The van der Waals surface area contributed by atoms with Crippen molar-refractivity contribution in [2.24, 2.45) is 10.9 Å². The number of carbonyl (C=O) groups excluding carboxylic acids is 1. The van der Waals surface area contributed by atoms with Crippen LogP contribution in [0.25, 0.3) is 0 Å². The van der Waals surface area contributed by atoms with E-state index in [4.69, 9.17) is 4.99 Å². The Labute approximate surface area is 266 Å². The second kappa shape index (κ2) is 17.3. The van der Waals surface area contributed by atoms with Gasteiger partial charge in [0, 0.05) is 10.8 Å². The lowest BCUT2D eigenvalue weighted by atomic mass is 9.89. The van der Waals surface area contributed by atoms with Crippen LogP contribution in [0.4, 0.5) is 16.4 Å². The number of likely N-dealkylation sites (N-methyl/N-ethyl adjacent to an activating group) is 1. The van der Waals surface area contributed by atoms with Crippen molar-refractivity contribution in [3.05, 3.63) is 40.8 Å². The van der Waals surface area contributed by atoms with Crippen LogP contribution in [0.15, 0.2) is 35.3 Å². The van der Waals surface area contributed by atoms with Gasteiger partial charge in [-0.1, -0.05) is 103 Å². The van der Waals surface area contributed by atoms with Gasteiger partial charge in [0.1, 0.15) is 16.6 Å². The Morgan fingerprint density at radius 1 is 0.930 bits per heavy atom. The molecule has 1 fully saturated rings. The molecule has 2 aliphatic rings. The third kappa shape index (κ3) is 10.2. The maximum Gasteiger partial charge on any atom is 0.141 e. The fourth-order valence-corrected chi connectivity index (χ4v) is 7.68. The summed E-state index contributed by atoms with van der Waals surface area (Å²) in [6, 6.07) is 10.7. The van der Waals surface area contributed by atoms with E-state index in [1.54, 1.807) is 0 Å². The normalized spacial score (nSPS) is 15.9. The summed E-state index contributed by atoms with van der Waals surface area (Å²) in [5, 5.41) is 4.83. The number of thiophene rings is 1. The first kappa shape index (κ1) is 33.7. The monoisotopic (exact) mass is 607 g/mol. The molecule has 0 atom stereocenters. The van der Waals surface area contributed by atoms with Gasteiger partial charge in [-0.3, -0.25) is 4.79 Å². The van der Waals surface area contributed by atoms with E-state index >= 15 is 0 Å². The van der Waals surface area contributed by atoms with Gasteiger partial charge >= 0.3 is 0 Å². The number of Topliss-reactive ketones (excluding diaryl/α,β-unsaturated/α-hetero) is 1. The van der Waals surface area contributed by atoms with Gasteiger partial charge in [-0.2, -0.15) is 0 Å². The van der Waals surface area contributed by atoms with Crippen LogP contribution in [-0.4, -0.2) is 60.8 Å². The molecule has 0 radical (unpaired) electrons. The average molecular weight is 608 g/mol. The van der Waals surface area contributed by atoms with E-state index in [-0.39, 0.29) is 5.92 Å². The number of unbranched alkanes of at least 4 members (excludes halogenated alkanes) is 10. The van der Waals surface area contributed by atoms with Crippen LogP contribution in [0.5, 0.6) is 0 Å². The lowest BCUT2D eigenvalue weighted by molar-refractivity contribution is -0.912. The highest BCUT2D eigenvalue weighted by Gasteiger charge is 2.33. The van der Waals surface area contributed by atoms with Gasteiger partial charge in [-0.25, -0.2) is 4.99 Å². The number of nitrogens with zero attached hydrogens (tertiary/aromatic N) is 3. The van der Waals surface area contributed by atoms with E-state index in [2.05, 4.69) is 68.4 Å². The molecule has 1 saturated heterocycles. The molecule has 0 bridgehead atoms. The molecular formula is C37H59N4OS+. The summed E-state index contributed by atoms with van der Waals surface area (Å²) in [6.45, 7) is 11.8. The van der Waals surface area contributed by atoms with E-state index in [1.807, 2.05) is 11.3 Å². The van der Waals surface area contributed by atoms with Crippen LogP contribution in [-0.2, 0) is 4.79 Å². The minimum atomic E-state index is 0.276. The maximum absolute atomic E-state index is 13.6. The zero-order chi connectivity index (χ0) is 30.5. The molecule has 238 valence electrons. The third-order valence-corrected chi connectivity index (χ3v) is 10.7. The number of para-hydroxylation sites is 2. The Morgan fingerprint density at radius 2 is 1.53 bits per heavy atom. The molecule has 3 heterocycles. The number of nitrogens with one attached hydrogen (secondary N) is 1. The van der Waals surface area contributed by atoms with Gasteiger partial charge in [0.05, 0.1) is 63.1 Å². The van der Waals surface area contributed by atoms with E-state index in [1.165, 1.54) is 92.5 Å². The number of hydrogen-bond acceptors (Lipinski definition) is 5. The number of aliphatic imine (C=N–C) groups is 1. The molecule has 0 amide bonds. The maximum atomic E-state index is 13.6. The van der Waals surface area contributed by atoms with Crippen molar-refractivity contribution in [3.63, 3.8) is 0 Å². The SMILES string of the molecule is CCCCCCCCC(CCCCCCCC)C(=O)CC[N+]1(C)CCN(C2=Nc3ccccc3Nc3sc(C)cc32)CC1. The summed E-state index contributed by atoms with van der Waals surface area (Å²) in [4.78, 5) is 22.6. The van der Waals surface area contributed by atoms with Crippen LogP contribution < -0.4 is 5.32 Å². The van der Waals surface area contributed by atoms with Crippen molar-refractivity contribution >= 4 is 39.3 Å². The van der Waals surface area contributed by atoms with Gasteiger partial charge in [-0.05, 0) is 38.0 Å². The van der Waals surface area contributed by atoms with E-state index < -0.39 is 0 Å². The van der Waals surface area contributed by atoms with E-state index in [0.717, 1.165) is 73.7 Å². The summed E-state index contributed by atoms with van der Waals surface area (Å²) in [5.74, 6) is 1.91. The molecule has 1 aromatic carbocycles. The van der Waals surface area contributed by atoms with Gasteiger partial charge in [-0.15, -0.1) is 11.3 Å². The highest BCUT2D eigenvalue weighted by molar-refractivity contribution is 7.16. The minimum absolute atomic E-state index is 0.276. The van der Waals surface area contributed by atoms with Gasteiger partial charge in [0.15, 0.2) is 0 Å². The van der Waals surface area contributed by atoms with E-state index in [9.17, 15) is 4.79 Å². The van der Waals surface area contributed by atoms with Crippen molar-refractivity contribution in [1.82, 2.24) is 4.90 Å². The van der Waals surface area contributed by atoms with E-state index in [0.29, 0.717) is 5.78 Å². The molecule has 0 aliphatic carbocycles. The van der Waals surface area contributed by atoms with Crippen LogP contribution in [0, 0.1) is 12.8 Å².